The molecule has 2 N–H and O–H groups in total. The largest absolute Gasteiger partial charge is 0.508 e. The number of rotatable bonds is 3. The SMILES string of the molecule is N#C[C@@H](Cc1ccc(O)cc1)c1ccc(O)cc1. The molecule has 0 radical (unpaired) electrons. The first-order chi connectivity index (χ1) is 8.69. The van der Waals surface area contributed by atoms with Gasteiger partial charge < -0.3 is 10.2 Å². The highest BCUT2D eigenvalue weighted by molar-refractivity contribution is 5.34. The third kappa shape index (κ3) is 2.80. The second-order valence-electron chi connectivity index (χ2n) is 4.14. The van der Waals surface area contributed by atoms with Gasteiger partial charge >= 0.3 is 0 Å². The van der Waals surface area contributed by atoms with Gasteiger partial charge in [0.2, 0.25) is 0 Å². The Morgan fingerprint density at radius 3 is 1.89 bits per heavy atom. The quantitative estimate of drug-likeness (QED) is 0.865. The minimum atomic E-state index is -0.254. The molecule has 0 aliphatic carbocycles. The molecule has 0 aromatic heterocycles. The van der Waals surface area contributed by atoms with Crippen LogP contribution in [0.3, 0.4) is 0 Å². The van der Waals surface area contributed by atoms with Gasteiger partial charge in [-0.25, -0.2) is 0 Å². The summed E-state index contributed by atoms with van der Waals surface area (Å²) in [5.41, 5.74) is 1.87. The first kappa shape index (κ1) is 12.0. The molecule has 0 amide bonds. The fourth-order valence-electron chi connectivity index (χ4n) is 1.81. The third-order valence-electron chi connectivity index (χ3n) is 2.83. The van der Waals surface area contributed by atoms with Gasteiger partial charge in [-0.05, 0) is 41.8 Å². The molecule has 90 valence electrons. The predicted molar refractivity (Wildman–Crippen MR) is 68.3 cm³/mol. The summed E-state index contributed by atoms with van der Waals surface area (Å²) >= 11 is 0. The third-order valence-corrected chi connectivity index (χ3v) is 2.83. The second-order valence-corrected chi connectivity index (χ2v) is 4.14. The molecule has 0 unspecified atom stereocenters. The molecule has 1 atom stereocenters. The standard InChI is InChI=1S/C15H13NO2/c16-10-13(12-3-7-15(18)8-4-12)9-11-1-5-14(17)6-2-11/h1-8,13,17-18H,9H2/t13-/m1/s1. The van der Waals surface area contributed by atoms with Crippen LogP contribution in [0, 0.1) is 11.3 Å². The van der Waals surface area contributed by atoms with Crippen molar-refractivity contribution in [3.63, 3.8) is 0 Å². The number of nitrogens with zero attached hydrogens (tertiary/aromatic N) is 1. The average molecular weight is 239 g/mol. The fraction of sp³-hybridized carbons (Fsp3) is 0.133. The van der Waals surface area contributed by atoms with Crippen LogP contribution in [0.5, 0.6) is 11.5 Å². The van der Waals surface area contributed by atoms with E-state index in [1.54, 1.807) is 48.5 Å². The Labute approximate surface area is 106 Å². The van der Waals surface area contributed by atoms with Gasteiger partial charge in [0.15, 0.2) is 0 Å². The van der Waals surface area contributed by atoms with Crippen LogP contribution in [0.15, 0.2) is 48.5 Å². The summed E-state index contributed by atoms with van der Waals surface area (Å²) in [7, 11) is 0. The van der Waals surface area contributed by atoms with Crippen LogP contribution in [0.4, 0.5) is 0 Å². The Morgan fingerprint density at radius 2 is 1.39 bits per heavy atom. The molecule has 0 fully saturated rings. The molecule has 2 aromatic rings. The van der Waals surface area contributed by atoms with Gasteiger partial charge in [0, 0.05) is 0 Å². The van der Waals surface area contributed by atoms with E-state index in [1.165, 1.54) is 0 Å². The first-order valence-corrected chi connectivity index (χ1v) is 5.65. The summed E-state index contributed by atoms with van der Waals surface area (Å²) in [5.74, 6) is 0.159. The van der Waals surface area contributed by atoms with Crippen molar-refractivity contribution in [3.8, 4) is 17.6 Å². The molecule has 0 bridgehead atoms. The van der Waals surface area contributed by atoms with Gasteiger partial charge in [0.25, 0.3) is 0 Å². The molecule has 3 heteroatoms. The smallest absolute Gasteiger partial charge is 0.115 e. The Bertz CT molecular complexity index is 553. The Kier molecular flexibility index (Phi) is 3.49. The van der Waals surface area contributed by atoms with Crippen LogP contribution in [-0.4, -0.2) is 10.2 Å². The van der Waals surface area contributed by atoms with Crippen LogP contribution in [0.2, 0.25) is 0 Å². The van der Waals surface area contributed by atoms with Gasteiger partial charge in [-0.2, -0.15) is 5.26 Å². The van der Waals surface area contributed by atoms with Crippen molar-refractivity contribution >= 4 is 0 Å². The monoisotopic (exact) mass is 239 g/mol. The van der Waals surface area contributed by atoms with Crippen molar-refractivity contribution < 1.29 is 10.2 Å². The topological polar surface area (TPSA) is 64.2 Å². The van der Waals surface area contributed by atoms with E-state index in [1.807, 2.05) is 0 Å². The summed E-state index contributed by atoms with van der Waals surface area (Å²) in [6.45, 7) is 0. The summed E-state index contributed by atoms with van der Waals surface area (Å²) in [5, 5.41) is 27.6. The van der Waals surface area contributed by atoms with E-state index in [0.717, 1.165) is 11.1 Å². The molecule has 2 rings (SSSR count). The highest BCUT2D eigenvalue weighted by atomic mass is 16.3. The second kappa shape index (κ2) is 5.24. The molecule has 0 saturated heterocycles. The highest BCUT2D eigenvalue weighted by Gasteiger charge is 2.11. The molecule has 18 heavy (non-hydrogen) atoms. The molecule has 3 nitrogen and oxygen atoms in total. The summed E-state index contributed by atoms with van der Waals surface area (Å²) in [6.07, 6.45) is 0.585. The molecule has 0 saturated carbocycles. The molecular weight excluding hydrogens is 226 g/mol. The fourth-order valence-corrected chi connectivity index (χ4v) is 1.81. The van der Waals surface area contributed by atoms with Crippen LogP contribution < -0.4 is 0 Å². The number of hydrogen-bond donors (Lipinski definition) is 2. The van der Waals surface area contributed by atoms with E-state index >= 15 is 0 Å². The van der Waals surface area contributed by atoms with Crippen LogP contribution >= 0.6 is 0 Å². The highest BCUT2D eigenvalue weighted by Crippen LogP contribution is 2.23. The Balaban J connectivity index is 2.17. The normalized spacial score (nSPS) is 11.7. The van der Waals surface area contributed by atoms with Gasteiger partial charge in [-0.1, -0.05) is 24.3 Å². The van der Waals surface area contributed by atoms with Crippen LogP contribution in [0.1, 0.15) is 17.0 Å². The molecule has 0 spiro atoms. The first-order valence-electron chi connectivity index (χ1n) is 5.65. The van der Waals surface area contributed by atoms with Crippen LogP contribution in [0.25, 0.3) is 0 Å². The van der Waals surface area contributed by atoms with Gasteiger partial charge in [0.05, 0.1) is 12.0 Å². The zero-order valence-corrected chi connectivity index (χ0v) is 9.74. The van der Waals surface area contributed by atoms with E-state index in [0.29, 0.717) is 6.42 Å². The lowest BCUT2D eigenvalue weighted by molar-refractivity contribution is 0.474. The lowest BCUT2D eigenvalue weighted by atomic mass is 9.93. The molecule has 2 aromatic carbocycles. The minimum absolute atomic E-state index is 0.195. The van der Waals surface area contributed by atoms with Gasteiger partial charge in [0.1, 0.15) is 11.5 Å². The predicted octanol–water partition coefficient (Wildman–Crippen LogP) is 2.95. The maximum absolute atomic E-state index is 9.22. The van der Waals surface area contributed by atoms with E-state index in [4.69, 9.17) is 0 Å². The molecule has 0 aliphatic heterocycles. The average Bonchev–Trinajstić information content (AvgIpc) is 2.39. The van der Waals surface area contributed by atoms with Crippen molar-refractivity contribution in [2.24, 2.45) is 0 Å². The number of phenols is 2. The number of nitriles is 1. The Morgan fingerprint density at radius 1 is 0.889 bits per heavy atom. The van der Waals surface area contributed by atoms with E-state index < -0.39 is 0 Å². The van der Waals surface area contributed by atoms with E-state index in [-0.39, 0.29) is 17.4 Å². The number of phenolic OH excluding ortho intramolecular Hbond substituents is 2. The lowest BCUT2D eigenvalue weighted by Gasteiger charge is -2.09. The van der Waals surface area contributed by atoms with Crippen LogP contribution in [-0.2, 0) is 6.42 Å². The molecule has 0 heterocycles. The van der Waals surface area contributed by atoms with E-state index in [9.17, 15) is 15.5 Å². The summed E-state index contributed by atoms with van der Waals surface area (Å²) < 4.78 is 0. The maximum atomic E-state index is 9.22. The molecular formula is C15H13NO2. The van der Waals surface area contributed by atoms with Gasteiger partial charge in [-0.15, -0.1) is 0 Å². The minimum Gasteiger partial charge on any atom is -0.508 e. The number of hydrogen-bond acceptors (Lipinski definition) is 3. The number of aromatic hydroxyl groups is 2. The van der Waals surface area contributed by atoms with Crippen molar-refractivity contribution in [3.05, 3.63) is 59.7 Å². The lowest BCUT2D eigenvalue weighted by Crippen LogP contribution is -2.00. The van der Waals surface area contributed by atoms with Crippen molar-refractivity contribution in [2.45, 2.75) is 12.3 Å². The van der Waals surface area contributed by atoms with E-state index in [2.05, 4.69) is 6.07 Å². The van der Waals surface area contributed by atoms with Crippen molar-refractivity contribution in [1.82, 2.24) is 0 Å². The van der Waals surface area contributed by atoms with Gasteiger partial charge in [-0.3, -0.25) is 0 Å². The summed E-state index contributed by atoms with van der Waals surface area (Å²) in [6, 6.07) is 15.8. The number of benzene rings is 2. The zero-order valence-electron chi connectivity index (χ0n) is 9.74. The zero-order chi connectivity index (χ0) is 13.0. The summed E-state index contributed by atoms with van der Waals surface area (Å²) in [4.78, 5) is 0. The maximum Gasteiger partial charge on any atom is 0.115 e. The van der Waals surface area contributed by atoms with Crippen molar-refractivity contribution in [1.29, 1.82) is 5.26 Å². The van der Waals surface area contributed by atoms with Crippen molar-refractivity contribution in [2.75, 3.05) is 0 Å². The molecule has 0 aliphatic rings. The Hall–Kier alpha value is -2.47.